The summed E-state index contributed by atoms with van der Waals surface area (Å²) < 4.78 is 0. The molecule has 1 aliphatic rings. The molecule has 0 aliphatic carbocycles. The summed E-state index contributed by atoms with van der Waals surface area (Å²) in [6.07, 6.45) is 5.67. The molecule has 1 aromatic carbocycles. The fourth-order valence-electron chi connectivity index (χ4n) is 2.10. The predicted molar refractivity (Wildman–Crippen MR) is 66.8 cm³/mol. The van der Waals surface area contributed by atoms with Crippen molar-refractivity contribution in [3.05, 3.63) is 46.4 Å². The Bertz CT molecular complexity index is 370. The van der Waals surface area contributed by atoms with E-state index in [4.69, 9.17) is 0 Å². The average molecular weight is 233 g/mol. The molecule has 0 N–H and O–H groups in total. The van der Waals surface area contributed by atoms with E-state index in [0.29, 0.717) is 0 Å². The van der Waals surface area contributed by atoms with Gasteiger partial charge in [0, 0.05) is 18.7 Å². The maximum absolute atomic E-state index is 10.5. The fraction of sp³-hybridized carbons (Fsp3) is 0.462. The number of nitro groups is 1. The first kappa shape index (κ1) is 12.0. The number of likely N-dealkylation sites (tertiary alicyclic amines) is 1. The van der Waals surface area contributed by atoms with Crippen LogP contribution in [0, 0.1) is 16.5 Å². The van der Waals surface area contributed by atoms with E-state index in [9.17, 15) is 10.1 Å². The van der Waals surface area contributed by atoms with Gasteiger partial charge in [0.1, 0.15) is 0 Å². The van der Waals surface area contributed by atoms with Crippen LogP contribution in [-0.4, -0.2) is 29.5 Å². The Morgan fingerprint density at radius 1 is 1.18 bits per heavy atom. The molecular formula is C13H17N2O2. The first-order chi connectivity index (χ1) is 8.25. The Hall–Kier alpha value is -1.42. The highest BCUT2D eigenvalue weighted by Gasteiger charge is 2.10. The summed E-state index contributed by atoms with van der Waals surface area (Å²) in [5.41, 5.74) is 1.34. The number of non-ortho nitro benzene ring substituents is 1. The zero-order valence-corrected chi connectivity index (χ0v) is 9.84. The van der Waals surface area contributed by atoms with Gasteiger partial charge in [0.15, 0.2) is 0 Å². The Labute approximate surface area is 101 Å². The standard InChI is InChI=1S/C13H17N2O2/c16-15(17)13-6-4-12(5-7-13)8-11-14-9-2-1-3-10-14/h1,4-7H,2-3,8-11H2. The van der Waals surface area contributed by atoms with Crippen LogP contribution in [0.2, 0.25) is 0 Å². The van der Waals surface area contributed by atoms with Gasteiger partial charge in [0.25, 0.3) is 5.69 Å². The summed E-state index contributed by atoms with van der Waals surface area (Å²) in [6.45, 7) is 3.34. The molecule has 0 spiro atoms. The van der Waals surface area contributed by atoms with Gasteiger partial charge in [-0.25, -0.2) is 0 Å². The van der Waals surface area contributed by atoms with Crippen LogP contribution in [0.1, 0.15) is 18.4 Å². The van der Waals surface area contributed by atoms with Crippen LogP contribution in [0.15, 0.2) is 24.3 Å². The van der Waals surface area contributed by atoms with Gasteiger partial charge < -0.3 is 4.90 Å². The van der Waals surface area contributed by atoms with Gasteiger partial charge in [-0.3, -0.25) is 10.1 Å². The van der Waals surface area contributed by atoms with Crippen molar-refractivity contribution in [3.8, 4) is 0 Å². The van der Waals surface area contributed by atoms with Crippen LogP contribution in [0.25, 0.3) is 0 Å². The van der Waals surface area contributed by atoms with Crippen molar-refractivity contribution in [2.24, 2.45) is 0 Å². The van der Waals surface area contributed by atoms with Crippen molar-refractivity contribution in [1.82, 2.24) is 4.90 Å². The minimum atomic E-state index is -0.357. The molecule has 2 rings (SSSR count). The summed E-state index contributed by atoms with van der Waals surface area (Å²) >= 11 is 0. The lowest BCUT2D eigenvalue weighted by Crippen LogP contribution is -2.31. The first-order valence-electron chi connectivity index (χ1n) is 6.03. The number of hydrogen-bond donors (Lipinski definition) is 0. The molecular weight excluding hydrogens is 216 g/mol. The van der Waals surface area contributed by atoms with Crippen LogP contribution in [0.4, 0.5) is 5.69 Å². The number of nitro benzene ring substituents is 1. The molecule has 1 saturated heterocycles. The van der Waals surface area contributed by atoms with Gasteiger partial charge in [0.2, 0.25) is 0 Å². The van der Waals surface area contributed by atoms with E-state index in [2.05, 4.69) is 11.3 Å². The maximum atomic E-state index is 10.5. The summed E-state index contributed by atoms with van der Waals surface area (Å²) in [6, 6.07) is 6.88. The number of benzene rings is 1. The molecule has 1 aromatic rings. The minimum absolute atomic E-state index is 0.168. The average Bonchev–Trinajstić information content (AvgIpc) is 2.38. The van der Waals surface area contributed by atoms with Crippen molar-refractivity contribution >= 4 is 5.69 Å². The highest BCUT2D eigenvalue weighted by Crippen LogP contribution is 2.13. The quantitative estimate of drug-likeness (QED) is 0.592. The van der Waals surface area contributed by atoms with Gasteiger partial charge >= 0.3 is 0 Å². The topological polar surface area (TPSA) is 46.4 Å². The number of rotatable bonds is 4. The summed E-state index contributed by atoms with van der Waals surface area (Å²) in [5.74, 6) is 0. The Morgan fingerprint density at radius 2 is 1.82 bits per heavy atom. The second-order valence-electron chi connectivity index (χ2n) is 4.38. The molecule has 0 aromatic heterocycles. The molecule has 0 saturated carbocycles. The Kier molecular flexibility index (Phi) is 4.09. The lowest BCUT2D eigenvalue weighted by Gasteiger charge is -2.26. The third-order valence-corrected chi connectivity index (χ3v) is 3.16. The van der Waals surface area contributed by atoms with Gasteiger partial charge in [-0.1, -0.05) is 12.1 Å². The lowest BCUT2D eigenvalue weighted by molar-refractivity contribution is -0.384. The molecule has 1 radical (unpaired) electrons. The van der Waals surface area contributed by atoms with E-state index in [1.165, 1.54) is 18.4 Å². The molecule has 1 aliphatic heterocycles. The lowest BCUT2D eigenvalue weighted by atomic mass is 10.1. The van der Waals surface area contributed by atoms with Crippen molar-refractivity contribution in [2.75, 3.05) is 19.6 Å². The van der Waals surface area contributed by atoms with E-state index >= 15 is 0 Å². The molecule has 0 amide bonds. The molecule has 0 atom stereocenters. The molecule has 1 heterocycles. The van der Waals surface area contributed by atoms with Crippen LogP contribution >= 0.6 is 0 Å². The van der Waals surface area contributed by atoms with E-state index in [0.717, 1.165) is 26.1 Å². The third-order valence-electron chi connectivity index (χ3n) is 3.16. The second-order valence-corrected chi connectivity index (χ2v) is 4.38. The largest absolute Gasteiger partial charge is 0.303 e. The zero-order valence-electron chi connectivity index (χ0n) is 9.84. The minimum Gasteiger partial charge on any atom is -0.303 e. The number of hydrogen-bond acceptors (Lipinski definition) is 3. The van der Waals surface area contributed by atoms with E-state index in [1.807, 2.05) is 12.1 Å². The van der Waals surface area contributed by atoms with Gasteiger partial charge in [-0.2, -0.15) is 0 Å². The van der Waals surface area contributed by atoms with Gasteiger partial charge in [-0.05, 0) is 44.3 Å². The first-order valence-corrected chi connectivity index (χ1v) is 6.03. The van der Waals surface area contributed by atoms with Crippen molar-refractivity contribution in [1.29, 1.82) is 0 Å². The summed E-state index contributed by atoms with van der Waals surface area (Å²) in [4.78, 5) is 12.6. The van der Waals surface area contributed by atoms with Crippen LogP contribution < -0.4 is 0 Å². The zero-order chi connectivity index (χ0) is 12.1. The second kappa shape index (κ2) is 5.77. The van der Waals surface area contributed by atoms with E-state index < -0.39 is 0 Å². The van der Waals surface area contributed by atoms with Crippen LogP contribution in [0.5, 0.6) is 0 Å². The number of nitrogens with zero attached hydrogens (tertiary/aromatic N) is 2. The smallest absolute Gasteiger partial charge is 0.269 e. The van der Waals surface area contributed by atoms with Crippen LogP contribution in [-0.2, 0) is 6.42 Å². The molecule has 0 unspecified atom stereocenters. The molecule has 4 nitrogen and oxygen atoms in total. The van der Waals surface area contributed by atoms with Crippen LogP contribution in [0.3, 0.4) is 0 Å². The monoisotopic (exact) mass is 233 g/mol. The SMILES string of the molecule is O=[N+]([O-])c1ccc(CCN2CC[CH]CC2)cc1. The van der Waals surface area contributed by atoms with Crippen molar-refractivity contribution in [3.63, 3.8) is 0 Å². The molecule has 91 valence electrons. The van der Waals surface area contributed by atoms with Gasteiger partial charge in [0.05, 0.1) is 4.92 Å². The molecule has 17 heavy (non-hydrogen) atoms. The summed E-state index contributed by atoms with van der Waals surface area (Å²) in [7, 11) is 0. The molecule has 0 bridgehead atoms. The molecule has 4 heteroatoms. The summed E-state index contributed by atoms with van der Waals surface area (Å²) in [5, 5.41) is 10.5. The van der Waals surface area contributed by atoms with Gasteiger partial charge in [-0.15, -0.1) is 0 Å². The fourth-order valence-corrected chi connectivity index (χ4v) is 2.10. The Morgan fingerprint density at radius 3 is 2.41 bits per heavy atom. The Balaban J connectivity index is 1.84. The third kappa shape index (κ3) is 3.53. The highest BCUT2D eigenvalue weighted by atomic mass is 16.6. The van der Waals surface area contributed by atoms with Crippen molar-refractivity contribution in [2.45, 2.75) is 19.3 Å². The van der Waals surface area contributed by atoms with E-state index in [1.54, 1.807) is 12.1 Å². The van der Waals surface area contributed by atoms with E-state index in [-0.39, 0.29) is 10.6 Å². The normalized spacial score (nSPS) is 16.9. The highest BCUT2D eigenvalue weighted by molar-refractivity contribution is 5.32. The molecule has 1 fully saturated rings. The number of piperidine rings is 1. The predicted octanol–water partition coefficient (Wildman–Crippen LogP) is 2.44. The maximum Gasteiger partial charge on any atom is 0.269 e. The van der Waals surface area contributed by atoms with Crippen molar-refractivity contribution < 1.29 is 4.92 Å².